The number of halogens is 2. The molecule has 0 saturated carbocycles. The Hall–Kier alpha value is -4.63. The lowest BCUT2D eigenvalue weighted by atomic mass is 10.1. The van der Waals surface area contributed by atoms with Gasteiger partial charge in [-0.25, -0.2) is 9.97 Å². The molecule has 0 amide bonds. The first-order valence-electron chi connectivity index (χ1n) is 12.7. The van der Waals surface area contributed by atoms with Gasteiger partial charge in [-0.05, 0) is 47.9 Å². The van der Waals surface area contributed by atoms with Gasteiger partial charge in [0, 0.05) is 35.2 Å². The Bertz CT molecular complexity index is 1840. The molecule has 3 heterocycles. The van der Waals surface area contributed by atoms with Gasteiger partial charge in [0.25, 0.3) is 0 Å². The molecule has 6 nitrogen and oxygen atoms in total. The summed E-state index contributed by atoms with van der Waals surface area (Å²) in [6, 6.07) is 24.2. The number of nitrogens with zero attached hydrogens (tertiary/aromatic N) is 3. The Kier molecular flexibility index (Phi) is 6.96. The molecule has 0 bridgehead atoms. The number of H-pyrrole nitrogens is 1. The van der Waals surface area contributed by atoms with Crippen LogP contribution in [0, 0.1) is 6.92 Å². The average molecular weight is 555 g/mol. The molecule has 0 fully saturated rings. The fourth-order valence-corrected chi connectivity index (χ4v) is 5.36. The number of hydrogen-bond acceptors (Lipinski definition) is 5. The van der Waals surface area contributed by atoms with Crippen molar-refractivity contribution in [1.82, 2.24) is 19.5 Å². The van der Waals surface area contributed by atoms with Crippen molar-refractivity contribution in [3.63, 3.8) is 0 Å². The summed E-state index contributed by atoms with van der Waals surface area (Å²) in [6.45, 7) is -0.646. The number of ether oxygens (including phenoxy) is 1. The number of nitrogens with one attached hydrogen (secondary N) is 1. The summed E-state index contributed by atoms with van der Waals surface area (Å²) in [6.07, 6.45) is 2.21. The smallest absolute Gasteiger partial charge is 0.387 e. The lowest BCUT2D eigenvalue weighted by Gasteiger charge is -2.14. The van der Waals surface area contributed by atoms with Crippen molar-refractivity contribution in [3.05, 3.63) is 123 Å². The van der Waals surface area contributed by atoms with Crippen LogP contribution < -0.4 is 10.3 Å². The third-order valence-electron chi connectivity index (χ3n) is 6.69. The Morgan fingerprint density at radius 3 is 2.45 bits per heavy atom. The topological polar surface area (TPSA) is 72.8 Å². The number of pyridine rings is 1. The van der Waals surface area contributed by atoms with Crippen molar-refractivity contribution < 1.29 is 13.5 Å². The van der Waals surface area contributed by atoms with E-state index < -0.39 is 6.61 Å². The van der Waals surface area contributed by atoms with Crippen LogP contribution in [0.15, 0.2) is 95.2 Å². The second kappa shape index (κ2) is 10.9. The zero-order valence-corrected chi connectivity index (χ0v) is 22.3. The summed E-state index contributed by atoms with van der Waals surface area (Å²) in [7, 11) is 0. The summed E-state index contributed by atoms with van der Waals surface area (Å²) in [4.78, 5) is 23.8. The molecular weight excluding hydrogens is 530 g/mol. The van der Waals surface area contributed by atoms with Gasteiger partial charge in [0.2, 0.25) is 5.56 Å². The molecule has 0 spiro atoms. The Morgan fingerprint density at radius 1 is 0.950 bits per heavy atom. The minimum Gasteiger partial charge on any atom is -0.434 e. The zero-order chi connectivity index (χ0) is 27.6. The molecule has 40 heavy (non-hydrogen) atoms. The predicted octanol–water partition coefficient (Wildman–Crippen LogP) is 7.06. The lowest BCUT2D eigenvalue weighted by molar-refractivity contribution is -0.0504. The Labute approximate surface area is 232 Å². The molecule has 200 valence electrons. The standard InChI is InChI=1S/C31H24F2N4O2S/c1-19-35-26(18-40-19)21-8-6-20(7-9-21)14-29-36-25-12-10-22(23-11-13-30(38)34-16-23)15-27(25)37(29)17-24-4-2-3-5-28(24)39-31(32)33/h2-13,15-16,18,31H,14,17H2,1H3,(H,34,38). The molecule has 0 radical (unpaired) electrons. The van der Waals surface area contributed by atoms with Gasteiger partial charge in [-0.3, -0.25) is 4.79 Å². The molecule has 6 rings (SSSR count). The number of benzene rings is 3. The number of fused-ring (bicyclic) bond motifs is 1. The first kappa shape index (κ1) is 25.6. The van der Waals surface area contributed by atoms with E-state index in [1.54, 1.807) is 47.9 Å². The van der Waals surface area contributed by atoms with Gasteiger partial charge >= 0.3 is 6.61 Å². The maximum absolute atomic E-state index is 13.2. The van der Waals surface area contributed by atoms with Crippen molar-refractivity contribution in [3.8, 4) is 28.1 Å². The number of rotatable bonds is 8. The molecule has 6 aromatic rings. The number of alkyl halides is 2. The second-order valence-electron chi connectivity index (χ2n) is 9.37. The van der Waals surface area contributed by atoms with Crippen molar-refractivity contribution in [2.24, 2.45) is 0 Å². The van der Waals surface area contributed by atoms with Crippen LogP contribution in [-0.4, -0.2) is 26.1 Å². The van der Waals surface area contributed by atoms with Gasteiger partial charge in [0.1, 0.15) is 11.6 Å². The number of hydrogen-bond donors (Lipinski definition) is 1. The fraction of sp³-hybridized carbons (Fsp3) is 0.129. The van der Waals surface area contributed by atoms with E-state index >= 15 is 0 Å². The molecule has 0 aliphatic rings. The van der Waals surface area contributed by atoms with E-state index in [2.05, 4.69) is 34.2 Å². The van der Waals surface area contributed by atoms with E-state index in [0.29, 0.717) is 18.5 Å². The van der Waals surface area contributed by atoms with Crippen LogP contribution in [0.4, 0.5) is 8.78 Å². The third kappa shape index (κ3) is 5.41. The summed E-state index contributed by atoms with van der Waals surface area (Å²) >= 11 is 1.62. The van der Waals surface area contributed by atoms with E-state index in [9.17, 15) is 13.6 Å². The normalized spacial score (nSPS) is 11.4. The SMILES string of the molecule is Cc1nc(-c2ccc(Cc3nc4ccc(-c5ccc(=O)[nH]c5)cc4n3Cc3ccccc3OC(F)F)cc2)cs1. The Balaban J connectivity index is 1.41. The average Bonchev–Trinajstić information content (AvgIpc) is 3.53. The number of imidazole rings is 1. The van der Waals surface area contributed by atoms with Crippen molar-refractivity contribution in [1.29, 1.82) is 0 Å². The van der Waals surface area contributed by atoms with Crippen LogP contribution in [0.3, 0.4) is 0 Å². The van der Waals surface area contributed by atoms with Crippen LogP contribution in [0.25, 0.3) is 33.4 Å². The minimum absolute atomic E-state index is 0.130. The molecule has 9 heteroatoms. The van der Waals surface area contributed by atoms with Crippen LogP contribution in [0.5, 0.6) is 5.75 Å². The molecule has 3 aromatic carbocycles. The first-order chi connectivity index (χ1) is 19.4. The summed E-state index contributed by atoms with van der Waals surface area (Å²) in [5, 5.41) is 3.06. The van der Waals surface area contributed by atoms with E-state index in [-0.39, 0.29) is 11.3 Å². The maximum Gasteiger partial charge on any atom is 0.387 e. The summed E-state index contributed by atoms with van der Waals surface area (Å²) in [5.74, 6) is 0.919. The van der Waals surface area contributed by atoms with Crippen LogP contribution >= 0.6 is 11.3 Å². The fourth-order valence-electron chi connectivity index (χ4n) is 4.74. The van der Waals surface area contributed by atoms with Gasteiger partial charge in [0.15, 0.2) is 0 Å². The molecule has 0 saturated heterocycles. The predicted molar refractivity (Wildman–Crippen MR) is 153 cm³/mol. The van der Waals surface area contributed by atoms with Crippen molar-refractivity contribution >= 4 is 22.4 Å². The van der Waals surface area contributed by atoms with E-state index in [4.69, 9.17) is 9.72 Å². The van der Waals surface area contributed by atoms with Gasteiger partial charge in [-0.2, -0.15) is 8.78 Å². The van der Waals surface area contributed by atoms with Gasteiger partial charge in [0.05, 0.1) is 28.3 Å². The maximum atomic E-state index is 13.2. The third-order valence-corrected chi connectivity index (χ3v) is 7.47. The zero-order valence-electron chi connectivity index (χ0n) is 21.5. The Morgan fingerprint density at radius 2 is 1.73 bits per heavy atom. The molecule has 0 aliphatic heterocycles. The molecule has 1 N–H and O–H groups in total. The number of aryl methyl sites for hydroxylation is 1. The van der Waals surface area contributed by atoms with Crippen molar-refractivity contribution in [2.45, 2.75) is 26.5 Å². The highest BCUT2D eigenvalue weighted by molar-refractivity contribution is 7.09. The minimum atomic E-state index is -2.92. The highest BCUT2D eigenvalue weighted by Gasteiger charge is 2.17. The van der Waals surface area contributed by atoms with Gasteiger partial charge < -0.3 is 14.3 Å². The van der Waals surface area contributed by atoms with E-state index in [0.717, 1.165) is 49.8 Å². The molecule has 0 unspecified atom stereocenters. The second-order valence-corrected chi connectivity index (χ2v) is 10.4. The monoisotopic (exact) mass is 554 g/mol. The van der Waals surface area contributed by atoms with Crippen LogP contribution in [0.1, 0.15) is 22.0 Å². The quantitative estimate of drug-likeness (QED) is 0.219. The highest BCUT2D eigenvalue weighted by Crippen LogP contribution is 2.29. The molecule has 0 aliphatic carbocycles. The number of thiazole rings is 1. The highest BCUT2D eigenvalue weighted by atomic mass is 32.1. The van der Waals surface area contributed by atoms with Gasteiger partial charge in [-0.15, -0.1) is 11.3 Å². The van der Waals surface area contributed by atoms with Crippen molar-refractivity contribution in [2.75, 3.05) is 0 Å². The van der Waals surface area contributed by atoms with Crippen LogP contribution in [-0.2, 0) is 13.0 Å². The largest absolute Gasteiger partial charge is 0.434 e. The number of aromatic amines is 1. The van der Waals surface area contributed by atoms with Gasteiger partial charge in [-0.1, -0.05) is 48.5 Å². The van der Waals surface area contributed by atoms with E-state index in [1.165, 1.54) is 6.07 Å². The summed E-state index contributed by atoms with van der Waals surface area (Å²) in [5.41, 5.74) is 6.88. The molecule has 0 atom stereocenters. The van der Waals surface area contributed by atoms with E-state index in [1.807, 2.05) is 35.1 Å². The first-order valence-corrected chi connectivity index (χ1v) is 13.5. The number of aromatic nitrogens is 4. The lowest BCUT2D eigenvalue weighted by Crippen LogP contribution is -2.09. The summed E-state index contributed by atoms with van der Waals surface area (Å²) < 4.78 is 33.2. The molecular formula is C31H24F2N4O2S. The molecule has 3 aromatic heterocycles. The number of para-hydroxylation sites is 1. The van der Waals surface area contributed by atoms with Crippen LogP contribution in [0.2, 0.25) is 0 Å².